The lowest BCUT2D eigenvalue weighted by Gasteiger charge is -2.10. The van der Waals surface area contributed by atoms with Crippen molar-refractivity contribution in [3.63, 3.8) is 0 Å². The van der Waals surface area contributed by atoms with E-state index in [2.05, 4.69) is 9.97 Å². The number of aliphatic carboxylic acids is 2. The molecule has 2 aromatic carbocycles. The van der Waals surface area contributed by atoms with Crippen molar-refractivity contribution in [2.75, 3.05) is 0 Å². The van der Waals surface area contributed by atoms with E-state index in [1.165, 1.54) is 0 Å². The van der Waals surface area contributed by atoms with Crippen LogP contribution >= 0.6 is 0 Å². The number of fused-ring (bicyclic) bond motifs is 2. The van der Waals surface area contributed by atoms with Crippen molar-refractivity contribution < 1.29 is 19.8 Å². The van der Waals surface area contributed by atoms with Crippen LogP contribution in [0.1, 0.15) is 12.8 Å². The number of carboxylic acids is 2. The van der Waals surface area contributed by atoms with E-state index in [0.717, 1.165) is 22.1 Å². The summed E-state index contributed by atoms with van der Waals surface area (Å²) in [6.45, 7) is 0.487. The minimum Gasteiger partial charge on any atom is -0.481 e. The zero-order valence-corrected chi connectivity index (χ0v) is 14.9. The number of aromatic nitrogens is 4. The molecular weight excluding hydrogens is 360 g/mol. The van der Waals surface area contributed by atoms with Crippen LogP contribution in [-0.4, -0.2) is 41.3 Å². The summed E-state index contributed by atoms with van der Waals surface area (Å²) in [6.07, 6.45) is -0.106. The van der Waals surface area contributed by atoms with Gasteiger partial charge in [0.25, 0.3) is 0 Å². The van der Waals surface area contributed by atoms with Gasteiger partial charge in [0.2, 0.25) is 0 Å². The Morgan fingerprint density at radius 2 is 1.11 bits per heavy atom. The third kappa shape index (κ3) is 3.20. The molecule has 8 nitrogen and oxygen atoms in total. The van der Waals surface area contributed by atoms with Crippen molar-refractivity contribution in [3.8, 4) is 11.6 Å². The monoisotopic (exact) mass is 378 g/mol. The van der Waals surface area contributed by atoms with Crippen LogP contribution in [0, 0.1) is 0 Å². The molecule has 8 heteroatoms. The second-order valence-electron chi connectivity index (χ2n) is 6.44. The summed E-state index contributed by atoms with van der Waals surface area (Å²) in [5.41, 5.74) is 3.10. The molecule has 0 bridgehead atoms. The van der Waals surface area contributed by atoms with Crippen LogP contribution in [0.2, 0.25) is 0 Å². The molecule has 0 saturated carbocycles. The van der Waals surface area contributed by atoms with Gasteiger partial charge in [-0.15, -0.1) is 0 Å². The largest absolute Gasteiger partial charge is 0.481 e. The van der Waals surface area contributed by atoms with Gasteiger partial charge >= 0.3 is 11.9 Å². The number of aryl methyl sites for hydroxylation is 2. The van der Waals surface area contributed by atoms with Crippen LogP contribution in [0.25, 0.3) is 33.7 Å². The normalized spacial score (nSPS) is 11.3. The van der Waals surface area contributed by atoms with Crippen molar-refractivity contribution in [1.82, 2.24) is 19.1 Å². The fourth-order valence-corrected chi connectivity index (χ4v) is 3.36. The summed E-state index contributed by atoms with van der Waals surface area (Å²) < 4.78 is 3.67. The predicted molar refractivity (Wildman–Crippen MR) is 103 cm³/mol. The molecule has 0 aliphatic heterocycles. The molecule has 0 fully saturated rings. The molecule has 28 heavy (non-hydrogen) atoms. The topological polar surface area (TPSA) is 110 Å². The van der Waals surface area contributed by atoms with Crippen molar-refractivity contribution in [2.45, 2.75) is 25.9 Å². The van der Waals surface area contributed by atoms with Crippen LogP contribution in [0.3, 0.4) is 0 Å². The number of hydrogen-bond acceptors (Lipinski definition) is 4. The highest BCUT2D eigenvalue weighted by Crippen LogP contribution is 2.28. The Morgan fingerprint density at radius 3 is 1.50 bits per heavy atom. The van der Waals surface area contributed by atoms with Gasteiger partial charge in [-0.05, 0) is 24.3 Å². The van der Waals surface area contributed by atoms with E-state index in [1.807, 2.05) is 57.7 Å². The van der Waals surface area contributed by atoms with Crippen LogP contribution in [-0.2, 0) is 22.7 Å². The number of imidazole rings is 2. The van der Waals surface area contributed by atoms with Crippen molar-refractivity contribution in [1.29, 1.82) is 0 Å². The summed E-state index contributed by atoms with van der Waals surface area (Å²) in [6, 6.07) is 15.0. The number of rotatable bonds is 7. The van der Waals surface area contributed by atoms with E-state index in [1.54, 1.807) is 0 Å². The van der Waals surface area contributed by atoms with Crippen molar-refractivity contribution in [2.24, 2.45) is 0 Å². The maximum absolute atomic E-state index is 11.1. The highest BCUT2D eigenvalue weighted by Gasteiger charge is 2.20. The third-order valence-corrected chi connectivity index (χ3v) is 4.61. The first-order valence-electron chi connectivity index (χ1n) is 8.89. The molecule has 0 unspecified atom stereocenters. The van der Waals surface area contributed by atoms with Crippen molar-refractivity contribution >= 4 is 34.0 Å². The molecule has 0 radical (unpaired) electrons. The zero-order chi connectivity index (χ0) is 19.7. The van der Waals surface area contributed by atoms with Crippen LogP contribution in [0.5, 0.6) is 0 Å². The van der Waals surface area contributed by atoms with Gasteiger partial charge in [0, 0.05) is 13.1 Å². The molecule has 4 rings (SSSR count). The average molecular weight is 378 g/mol. The molecule has 142 valence electrons. The highest BCUT2D eigenvalue weighted by molar-refractivity contribution is 5.84. The maximum atomic E-state index is 11.1. The number of carboxylic acid groups (broad SMARTS) is 2. The van der Waals surface area contributed by atoms with Crippen LogP contribution in [0.4, 0.5) is 0 Å². The molecule has 0 atom stereocenters. The second kappa shape index (κ2) is 7.15. The Morgan fingerprint density at radius 1 is 0.714 bits per heavy atom. The van der Waals surface area contributed by atoms with E-state index in [-0.39, 0.29) is 25.9 Å². The SMILES string of the molecule is O=C(O)CCn1c(-c2nc3ccccc3n2CCC(=O)O)nc2ccccc21. The summed E-state index contributed by atoms with van der Waals surface area (Å²) in [7, 11) is 0. The van der Waals surface area contributed by atoms with Gasteiger partial charge in [0.15, 0.2) is 11.6 Å². The highest BCUT2D eigenvalue weighted by atomic mass is 16.4. The number of hydrogen-bond donors (Lipinski definition) is 2. The Kier molecular flexibility index (Phi) is 4.52. The smallest absolute Gasteiger partial charge is 0.305 e. The zero-order valence-electron chi connectivity index (χ0n) is 14.9. The minimum absolute atomic E-state index is 0.0529. The fraction of sp³-hybridized carbons (Fsp3) is 0.200. The molecular formula is C20H18N4O4. The van der Waals surface area contributed by atoms with Crippen molar-refractivity contribution in [3.05, 3.63) is 48.5 Å². The summed E-state index contributed by atoms with van der Waals surface area (Å²) in [5, 5.41) is 18.3. The van der Waals surface area contributed by atoms with Gasteiger partial charge in [-0.3, -0.25) is 9.59 Å². The predicted octanol–water partition coefficient (Wildman–Crippen LogP) is 3.00. The third-order valence-electron chi connectivity index (χ3n) is 4.61. The average Bonchev–Trinajstić information content (AvgIpc) is 3.22. The Hall–Kier alpha value is -3.68. The van der Waals surface area contributed by atoms with Crippen LogP contribution in [0.15, 0.2) is 48.5 Å². The first-order chi connectivity index (χ1) is 13.5. The van der Waals surface area contributed by atoms with Gasteiger partial charge < -0.3 is 19.3 Å². The van der Waals surface area contributed by atoms with Gasteiger partial charge in [-0.2, -0.15) is 0 Å². The molecule has 4 aromatic rings. The molecule has 2 N–H and O–H groups in total. The lowest BCUT2D eigenvalue weighted by molar-refractivity contribution is -0.138. The Balaban J connectivity index is 1.93. The Bertz CT molecular complexity index is 1100. The van der Waals surface area contributed by atoms with E-state index in [0.29, 0.717) is 11.6 Å². The Labute approximate surface area is 159 Å². The molecule has 0 amide bonds. The summed E-state index contributed by atoms with van der Waals surface area (Å²) in [5.74, 6) is -0.737. The molecule has 2 heterocycles. The van der Waals surface area contributed by atoms with E-state index < -0.39 is 11.9 Å². The first kappa shape index (κ1) is 17.7. The van der Waals surface area contributed by atoms with E-state index >= 15 is 0 Å². The first-order valence-corrected chi connectivity index (χ1v) is 8.89. The number of para-hydroxylation sites is 4. The van der Waals surface area contributed by atoms with Gasteiger partial charge in [0.1, 0.15) is 0 Å². The van der Waals surface area contributed by atoms with Gasteiger partial charge in [-0.25, -0.2) is 9.97 Å². The van der Waals surface area contributed by atoms with E-state index in [4.69, 9.17) is 10.2 Å². The lowest BCUT2D eigenvalue weighted by Crippen LogP contribution is -2.10. The van der Waals surface area contributed by atoms with Gasteiger partial charge in [-0.1, -0.05) is 24.3 Å². The number of benzene rings is 2. The number of nitrogens with zero attached hydrogens (tertiary/aromatic N) is 4. The number of carbonyl (C=O) groups is 2. The quantitative estimate of drug-likeness (QED) is 0.511. The molecule has 0 saturated heterocycles. The van der Waals surface area contributed by atoms with Crippen LogP contribution < -0.4 is 0 Å². The lowest BCUT2D eigenvalue weighted by atomic mass is 10.3. The molecule has 0 aliphatic rings. The molecule has 0 aliphatic carbocycles. The fourth-order valence-electron chi connectivity index (χ4n) is 3.36. The standard InChI is InChI=1S/C20H18N4O4/c25-17(26)9-11-23-15-7-3-1-5-13(15)21-19(23)20-22-14-6-2-4-8-16(14)24(20)12-10-18(27)28/h1-8H,9-12H2,(H,25,26)(H,27,28). The molecule has 0 spiro atoms. The maximum Gasteiger partial charge on any atom is 0.305 e. The van der Waals surface area contributed by atoms with E-state index in [9.17, 15) is 9.59 Å². The van der Waals surface area contributed by atoms with Gasteiger partial charge in [0.05, 0.1) is 34.9 Å². The minimum atomic E-state index is -0.900. The summed E-state index contributed by atoms with van der Waals surface area (Å²) in [4.78, 5) is 31.7. The second-order valence-corrected chi connectivity index (χ2v) is 6.44. The summed E-state index contributed by atoms with van der Waals surface area (Å²) >= 11 is 0. The molecule has 2 aromatic heterocycles.